The van der Waals surface area contributed by atoms with Crippen molar-refractivity contribution >= 4 is 31.7 Å². The summed E-state index contributed by atoms with van der Waals surface area (Å²) in [5.41, 5.74) is 0. The zero-order chi connectivity index (χ0) is 9.90. The highest BCUT2D eigenvalue weighted by Crippen LogP contribution is 2.39. The molecular weight excluding hydrogens is 228 g/mol. The van der Waals surface area contributed by atoms with Crippen LogP contribution in [-0.2, 0) is 16.4 Å². The van der Waals surface area contributed by atoms with E-state index in [1.165, 1.54) is 0 Å². The second kappa shape index (κ2) is 4.38. The van der Waals surface area contributed by atoms with Gasteiger partial charge in [0, 0.05) is 5.30 Å². The molecule has 13 heavy (non-hydrogen) atoms. The van der Waals surface area contributed by atoms with Gasteiger partial charge in [-0.25, -0.2) is 0 Å². The van der Waals surface area contributed by atoms with E-state index >= 15 is 0 Å². The van der Waals surface area contributed by atoms with Crippen LogP contribution in [0.4, 0.5) is 0 Å². The SMILES string of the molecule is O=[P+](O)NP(O)(=S)c1ccccc1. The second-order valence-electron chi connectivity index (χ2n) is 2.28. The minimum Gasteiger partial charge on any atom is -0.348 e. The normalized spacial score (nSPS) is 16.3. The van der Waals surface area contributed by atoms with Crippen molar-refractivity contribution in [3.8, 4) is 0 Å². The predicted molar refractivity (Wildman–Crippen MR) is 55.5 cm³/mol. The van der Waals surface area contributed by atoms with Crippen LogP contribution in [0.3, 0.4) is 0 Å². The fourth-order valence-corrected chi connectivity index (χ4v) is 3.76. The van der Waals surface area contributed by atoms with E-state index in [0.29, 0.717) is 5.30 Å². The Labute approximate surface area is 81.7 Å². The van der Waals surface area contributed by atoms with Crippen LogP contribution in [0.15, 0.2) is 30.3 Å². The summed E-state index contributed by atoms with van der Waals surface area (Å²) >= 11 is 4.80. The molecule has 0 aliphatic carbocycles. The fourth-order valence-electron chi connectivity index (χ4n) is 0.804. The van der Waals surface area contributed by atoms with Gasteiger partial charge in [0.15, 0.2) is 0 Å². The minimum atomic E-state index is -3.05. The highest BCUT2D eigenvalue weighted by atomic mass is 32.4. The minimum absolute atomic E-state index is 0.474. The number of nitrogens with one attached hydrogen (secondary N) is 1. The molecule has 0 heterocycles. The van der Waals surface area contributed by atoms with Crippen LogP contribution in [0.2, 0.25) is 0 Å². The van der Waals surface area contributed by atoms with Gasteiger partial charge >= 0.3 is 8.18 Å². The van der Waals surface area contributed by atoms with Gasteiger partial charge in [0.25, 0.3) is 0 Å². The van der Waals surface area contributed by atoms with Crippen molar-refractivity contribution in [2.75, 3.05) is 0 Å². The first-order chi connectivity index (χ1) is 6.02. The van der Waals surface area contributed by atoms with Crippen molar-refractivity contribution in [3.63, 3.8) is 0 Å². The second-order valence-corrected chi connectivity index (χ2v) is 6.88. The van der Waals surface area contributed by atoms with Crippen molar-refractivity contribution in [2.45, 2.75) is 0 Å². The van der Waals surface area contributed by atoms with Gasteiger partial charge in [-0.2, -0.15) is 0 Å². The molecule has 0 spiro atoms. The Hall–Kier alpha value is -0.150. The van der Waals surface area contributed by atoms with Crippen molar-refractivity contribution in [1.82, 2.24) is 4.86 Å². The first kappa shape index (κ1) is 10.9. The molecule has 0 amide bonds. The lowest BCUT2D eigenvalue weighted by atomic mass is 10.4. The Balaban J connectivity index is 2.95. The maximum absolute atomic E-state index is 10.4. The summed E-state index contributed by atoms with van der Waals surface area (Å²) in [6.07, 6.45) is -3.05. The molecule has 0 saturated carbocycles. The summed E-state index contributed by atoms with van der Waals surface area (Å²) < 4.78 is 10.4. The highest BCUT2D eigenvalue weighted by Gasteiger charge is 2.26. The third kappa shape index (κ3) is 3.24. The van der Waals surface area contributed by atoms with Crippen LogP contribution in [0.1, 0.15) is 0 Å². The zero-order valence-electron chi connectivity index (χ0n) is 6.49. The van der Waals surface area contributed by atoms with Crippen LogP contribution in [0, 0.1) is 0 Å². The monoisotopic (exact) mass is 236 g/mol. The summed E-state index contributed by atoms with van der Waals surface area (Å²) in [6.45, 7) is 0. The Morgan fingerprint density at radius 3 is 2.38 bits per heavy atom. The highest BCUT2D eigenvalue weighted by molar-refractivity contribution is 8.15. The zero-order valence-corrected chi connectivity index (χ0v) is 9.10. The van der Waals surface area contributed by atoms with Crippen molar-refractivity contribution in [3.05, 3.63) is 30.3 Å². The molecule has 0 radical (unpaired) electrons. The Morgan fingerprint density at radius 1 is 1.38 bits per heavy atom. The van der Waals surface area contributed by atoms with E-state index in [0.717, 1.165) is 0 Å². The summed E-state index contributed by atoms with van der Waals surface area (Å²) in [6, 6.07) is 8.43. The van der Waals surface area contributed by atoms with Gasteiger partial charge in [0.1, 0.15) is 0 Å². The van der Waals surface area contributed by atoms with Crippen LogP contribution >= 0.6 is 14.6 Å². The summed E-state index contributed by atoms with van der Waals surface area (Å²) in [4.78, 5) is 20.3. The Kier molecular flexibility index (Phi) is 3.68. The predicted octanol–water partition coefficient (Wildman–Crippen LogP) is 0.853. The lowest BCUT2D eigenvalue weighted by Crippen LogP contribution is -2.12. The van der Waals surface area contributed by atoms with E-state index in [1.807, 2.05) is 0 Å². The van der Waals surface area contributed by atoms with Crippen LogP contribution in [0.5, 0.6) is 0 Å². The number of rotatable bonds is 3. The molecule has 1 aromatic carbocycles. The van der Waals surface area contributed by atoms with Gasteiger partial charge in [-0.15, -0.1) is 4.89 Å². The molecule has 0 bridgehead atoms. The summed E-state index contributed by atoms with van der Waals surface area (Å²) in [5.74, 6) is 0. The molecule has 2 unspecified atom stereocenters. The van der Waals surface area contributed by atoms with Crippen molar-refractivity contribution in [2.24, 2.45) is 0 Å². The number of hydrogen-bond acceptors (Lipinski definition) is 2. The smallest absolute Gasteiger partial charge is 0.348 e. The standard InChI is InChI=1S/C6H7NO3P2S/c8-11(9)7-12(10,13)6-4-2-1-3-5-6/h1-5H,(H2-,7,8,9,10,13)/p+1. The van der Waals surface area contributed by atoms with Crippen LogP contribution < -0.4 is 10.2 Å². The molecule has 0 fully saturated rings. The van der Waals surface area contributed by atoms with Crippen molar-refractivity contribution < 1.29 is 14.4 Å². The molecular formula is C6H8NO3P2S+. The van der Waals surface area contributed by atoms with Crippen LogP contribution in [0.25, 0.3) is 0 Å². The quantitative estimate of drug-likeness (QED) is 0.679. The third-order valence-electron chi connectivity index (χ3n) is 1.33. The van der Waals surface area contributed by atoms with Gasteiger partial charge in [-0.1, -0.05) is 30.3 Å². The molecule has 2 atom stereocenters. The fraction of sp³-hybridized carbons (Fsp3) is 0. The maximum atomic E-state index is 10.4. The first-order valence-electron chi connectivity index (χ1n) is 3.35. The summed E-state index contributed by atoms with van der Waals surface area (Å²) in [5, 5.41) is 0.474. The van der Waals surface area contributed by atoms with Gasteiger partial charge in [0.2, 0.25) is 6.42 Å². The number of benzene rings is 1. The van der Waals surface area contributed by atoms with E-state index < -0.39 is 14.6 Å². The van der Waals surface area contributed by atoms with E-state index in [4.69, 9.17) is 16.7 Å². The molecule has 3 N–H and O–H groups in total. The van der Waals surface area contributed by atoms with Gasteiger partial charge in [-0.05, 0) is 21.2 Å². The lowest BCUT2D eigenvalue weighted by Gasteiger charge is -2.08. The maximum Gasteiger partial charge on any atom is 0.617 e. The molecule has 0 aromatic heterocycles. The molecule has 70 valence electrons. The largest absolute Gasteiger partial charge is 0.617 e. The van der Waals surface area contributed by atoms with E-state index in [2.05, 4.69) is 4.86 Å². The van der Waals surface area contributed by atoms with Crippen molar-refractivity contribution in [1.29, 1.82) is 0 Å². The molecule has 1 rings (SSSR count). The Morgan fingerprint density at radius 2 is 1.92 bits per heavy atom. The average molecular weight is 236 g/mol. The molecule has 7 heteroatoms. The van der Waals surface area contributed by atoms with Gasteiger partial charge in [-0.3, -0.25) is 0 Å². The lowest BCUT2D eigenvalue weighted by molar-refractivity contribution is 0.498. The van der Waals surface area contributed by atoms with E-state index in [1.54, 1.807) is 30.3 Å². The topological polar surface area (TPSA) is 69.6 Å². The molecule has 0 aliphatic rings. The van der Waals surface area contributed by atoms with Gasteiger partial charge in [0.05, 0.1) is 0 Å². The third-order valence-corrected chi connectivity index (χ3v) is 5.46. The van der Waals surface area contributed by atoms with E-state index in [-0.39, 0.29) is 0 Å². The summed E-state index contributed by atoms with van der Waals surface area (Å²) in [7, 11) is -2.62. The first-order valence-corrected chi connectivity index (χ1v) is 7.31. The average Bonchev–Trinajstić information content (AvgIpc) is 2.04. The van der Waals surface area contributed by atoms with E-state index in [9.17, 15) is 9.46 Å². The molecule has 0 aliphatic heterocycles. The number of hydrogen-bond donors (Lipinski definition) is 3. The van der Waals surface area contributed by atoms with Crippen LogP contribution in [-0.4, -0.2) is 9.79 Å². The Bertz CT molecular complexity index is 356. The molecule has 4 nitrogen and oxygen atoms in total. The molecule has 1 aromatic rings. The van der Waals surface area contributed by atoms with Gasteiger partial charge < -0.3 is 4.89 Å². The molecule has 0 saturated heterocycles.